The van der Waals surface area contributed by atoms with E-state index < -0.39 is 11.9 Å². The smallest absolute Gasteiger partial charge is 0.306 e. The van der Waals surface area contributed by atoms with Gasteiger partial charge in [-0.3, -0.25) is 4.79 Å². The number of aliphatic carboxylic acids is 1. The fourth-order valence-electron chi connectivity index (χ4n) is 1.32. The molecule has 0 saturated carbocycles. The third kappa shape index (κ3) is 2.94. The number of methoxy groups -OCH3 is 1. The van der Waals surface area contributed by atoms with Crippen molar-refractivity contribution < 1.29 is 19.0 Å². The summed E-state index contributed by atoms with van der Waals surface area (Å²) in [5, 5.41) is 8.74. The Hall–Kier alpha value is -1.58. The summed E-state index contributed by atoms with van der Waals surface area (Å²) in [6.45, 7) is 1.58. The molecule has 1 N–H and O–H groups in total. The van der Waals surface area contributed by atoms with Crippen LogP contribution in [0.4, 0.5) is 4.39 Å². The molecule has 3 nitrogen and oxygen atoms in total. The second-order valence-corrected chi connectivity index (χ2v) is 3.40. The van der Waals surface area contributed by atoms with Crippen molar-refractivity contribution >= 4 is 5.97 Å². The SMILES string of the molecule is COc1ccc(F)cc1CC(C)C(=O)O. The molecule has 0 aliphatic carbocycles. The predicted octanol–water partition coefficient (Wildman–Crippen LogP) is 2.10. The molecule has 0 aromatic heterocycles. The Morgan fingerprint density at radius 3 is 2.80 bits per heavy atom. The Kier molecular flexibility index (Phi) is 3.66. The van der Waals surface area contributed by atoms with E-state index in [2.05, 4.69) is 0 Å². The minimum atomic E-state index is -0.902. The van der Waals surface area contributed by atoms with Gasteiger partial charge in [0.05, 0.1) is 13.0 Å². The second kappa shape index (κ2) is 4.77. The van der Waals surface area contributed by atoms with Crippen LogP contribution < -0.4 is 4.74 Å². The van der Waals surface area contributed by atoms with E-state index in [1.54, 1.807) is 6.92 Å². The van der Waals surface area contributed by atoms with Gasteiger partial charge in [-0.2, -0.15) is 0 Å². The fraction of sp³-hybridized carbons (Fsp3) is 0.364. The molecule has 1 aromatic rings. The van der Waals surface area contributed by atoms with Crippen LogP contribution in [0.5, 0.6) is 5.75 Å². The third-order valence-corrected chi connectivity index (χ3v) is 2.19. The van der Waals surface area contributed by atoms with Gasteiger partial charge in [-0.15, -0.1) is 0 Å². The van der Waals surface area contributed by atoms with Gasteiger partial charge >= 0.3 is 5.97 Å². The third-order valence-electron chi connectivity index (χ3n) is 2.19. The molecular weight excluding hydrogens is 199 g/mol. The molecule has 1 unspecified atom stereocenters. The van der Waals surface area contributed by atoms with Gasteiger partial charge in [-0.1, -0.05) is 6.92 Å². The molecule has 0 saturated heterocycles. The molecule has 0 bridgehead atoms. The summed E-state index contributed by atoms with van der Waals surface area (Å²) >= 11 is 0. The first-order valence-electron chi connectivity index (χ1n) is 4.59. The maximum Gasteiger partial charge on any atom is 0.306 e. The molecule has 1 rings (SSSR count). The maximum absolute atomic E-state index is 12.9. The molecule has 15 heavy (non-hydrogen) atoms. The zero-order chi connectivity index (χ0) is 11.4. The van der Waals surface area contributed by atoms with E-state index in [4.69, 9.17) is 9.84 Å². The Morgan fingerprint density at radius 2 is 2.27 bits per heavy atom. The second-order valence-electron chi connectivity index (χ2n) is 3.40. The van der Waals surface area contributed by atoms with Crippen molar-refractivity contribution in [1.29, 1.82) is 0 Å². The molecule has 0 radical (unpaired) electrons. The van der Waals surface area contributed by atoms with Gasteiger partial charge in [0.25, 0.3) is 0 Å². The number of benzene rings is 1. The minimum absolute atomic E-state index is 0.260. The normalized spacial score (nSPS) is 12.2. The highest BCUT2D eigenvalue weighted by molar-refractivity contribution is 5.70. The predicted molar refractivity (Wildman–Crippen MR) is 53.5 cm³/mol. The molecule has 4 heteroatoms. The Morgan fingerprint density at radius 1 is 1.60 bits per heavy atom. The van der Waals surface area contributed by atoms with Crippen LogP contribution in [0.15, 0.2) is 18.2 Å². The van der Waals surface area contributed by atoms with Crippen molar-refractivity contribution in [3.8, 4) is 5.75 Å². The lowest BCUT2D eigenvalue weighted by molar-refractivity contribution is -0.141. The number of carboxylic acid groups (broad SMARTS) is 1. The van der Waals surface area contributed by atoms with E-state index in [0.29, 0.717) is 11.3 Å². The van der Waals surface area contributed by atoms with E-state index in [1.807, 2.05) is 0 Å². The molecular formula is C11H13FO3. The van der Waals surface area contributed by atoms with Gasteiger partial charge in [0, 0.05) is 0 Å². The van der Waals surface area contributed by atoms with E-state index >= 15 is 0 Å². The lowest BCUT2D eigenvalue weighted by Gasteiger charge is -2.10. The van der Waals surface area contributed by atoms with E-state index in [9.17, 15) is 9.18 Å². The number of halogens is 1. The van der Waals surface area contributed by atoms with Crippen LogP contribution in [0.2, 0.25) is 0 Å². The average Bonchev–Trinajstić information content (AvgIpc) is 2.18. The highest BCUT2D eigenvalue weighted by Crippen LogP contribution is 2.22. The van der Waals surface area contributed by atoms with Crippen LogP contribution in [0.3, 0.4) is 0 Å². The Bertz CT molecular complexity index is 363. The van der Waals surface area contributed by atoms with Crippen molar-refractivity contribution in [2.24, 2.45) is 5.92 Å². The van der Waals surface area contributed by atoms with E-state index in [-0.39, 0.29) is 12.2 Å². The first kappa shape index (κ1) is 11.5. The van der Waals surface area contributed by atoms with Gasteiger partial charge in [-0.25, -0.2) is 4.39 Å². The Balaban J connectivity index is 2.91. The molecule has 0 aliphatic heterocycles. The number of hydrogen-bond acceptors (Lipinski definition) is 2. The van der Waals surface area contributed by atoms with Crippen LogP contribution in [-0.2, 0) is 11.2 Å². The summed E-state index contributed by atoms with van der Waals surface area (Å²) in [4.78, 5) is 10.7. The molecule has 0 spiro atoms. The topological polar surface area (TPSA) is 46.5 Å². The van der Waals surface area contributed by atoms with Gasteiger partial charge in [0.15, 0.2) is 0 Å². The summed E-state index contributed by atoms with van der Waals surface area (Å²) in [5.74, 6) is -1.32. The minimum Gasteiger partial charge on any atom is -0.496 e. The lowest BCUT2D eigenvalue weighted by Crippen LogP contribution is -2.12. The monoisotopic (exact) mass is 212 g/mol. The molecule has 82 valence electrons. The number of hydrogen-bond donors (Lipinski definition) is 1. The van der Waals surface area contributed by atoms with Crippen LogP contribution in [0, 0.1) is 11.7 Å². The average molecular weight is 212 g/mol. The first-order valence-corrected chi connectivity index (χ1v) is 4.59. The first-order chi connectivity index (χ1) is 7.04. The summed E-state index contributed by atoms with van der Waals surface area (Å²) in [7, 11) is 1.47. The number of rotatable bonds is 4. The number of ether oxygens (including phenoxy) is 1. The quantitative estimate of drug-likeness (QED) is 0.831. The van der Waals surface area contributed by atoms with Crippen LogP contribution >= 0.6 is 0 Å². The van der Waals surface area contributed by atoms with E-state index in [1.165, 1.54) is 25.3 Å². The molecule has 0 aliphatic rings. The van der Waals surface area contributed by atoms with Gasteiger partial charge in [0.1, 0.15) is 11.6 Å². The van der Waals surface area contributed by atoms with Crippen molar-refractivity contribution in [1.82, 2.24) is 0 Å². The summed E-state index contributed by atoms with van der Waals surface area (Å²) in [6, 6.07) is 4.09. The van der Waals surface area contributed by atoms with Crippen LogP contribution in [0.1, 0.15) is 12.5 Å². The van der Waals surface area contributed by atoms with Gasteiger partial charge < -0.3 is 9.84 Å². The summed E-state index contributed by atoms with van der Waals surface area (Å²) in [5.41, 5.74) is 0.576. The van der Waals surface area contributed by atoms with Crippen molar-refractivity contribution in [2.45, 2.75) is 13.3 Å². The molecule has 0 heterocycles. The zero-order valence-corrected chi connectivity index (χ0v) is 8.66. The number of carboxylic acids is 1. The van der Waals surface area contributed by atoms with Crippen molar-refractivity contribution in [2.75, 3.05) is 7.11 Å². The summed E-state index contributed by atoms with van der Waals surface area (Å²) in [6.07, 6.45) is 0.260. The maximum atomic E-state index is 12.9. The highest BCUT2D eigenvalue weighted by Gasteiger charge is 2.14. The number of carbonyl (C=O) groups is 1. The molecule has 0 amide bonds. The van der Waals surface area contributed by atoms with Gasteiger partial charge in [0.2, 0.25) is 0 Å². The van der Waals surface area contributed by atoms with Crippen LogP contribution in [0.25, 0.3) is 0 Å². The largest absolute Gasteiger partial charge is 0.496 e. The summed E-state index contributed by atoms with van der Waals surface area (Å²) < 4.78 is 18.0. The van der Waals surface area contributed by atoms with Crippen molar-refractivity contribution in [3.63, 3.8) is 0 Å². The standard InChI is InChI=1S/C11H13FO3/c1-7(11(13)14)5-8-6-9(12)3-4-10(8)15-2/h3-4,6-7H,5H2,1-2H3,(H,13,14). The van der Waals surface area contributed by atoms with E-state index in [0.717, 1.165) is 0 Å². The molecule has 1 aromatic carbocycles. The fourth-order valence-corrected chi connectivity index (χ4v) is 1.32. The lowest BCUT2D eigenvalue weighted by atomic mass is 10.0. The molecule has 0 fully saturated rings. The molecule has 1 atom stereocenters. The highest BCUT2D eigenvalue weighted by atomic mass is 19.1. The van der Waals surface area contributed by atoms with Crippen LogP contribution in [-0.4, -0.2) is 18.2 Å². The van der Waals surface area contributed by atoms with Gasteiger partial charge in [-0.05, 0) is 30.2 Å². The zero-order valence-electron chi connectivity index (χ0n) is 8.66. The Labute approximate surface area is 87.5 Å². The van der Waals surface area contributed by atoms with Crippen molar-refractivity contribution in [3.05, 3.63) is 29.6 Å².